The van der Waals surface area contributed by atoms with Gasteiger partial charge in [0, 0.05) is 24.8 Å². The molecule has 2 aliphatic rings. The third kappa shape index (κ3) is 2.29. The lowest BCUT2D eigenvalue weighted by Crippen LogP contribution is -2.38. The summed E-state index contributed by atoms with van der Waals surface area (Å²) >= 11 is 0. The molecule has 0 radical (unpaired) electrons. The second kappa shape index (κ2) is 5.25. The summed E-state index contributed by atoms with van der Waals surface area (Å²) < 4.78 is 5.45. The maximum atomic E-state index is 12.5. The maximum Gasteiger partial charge on any atom is 0.304 e. The number of fused-ring (bicyclic) bond motifs is 1. The minimum atomic E-state index is -0.837. The predicted octanol–water partition coefficient (Wildman–Crippen LogP) is 1.77. The summed E-state index contributed by atoms with van der Waals surface area (Å²) in [6.07, 6.45) is 1.34. The topological polar surface area (TPSA) is 66.8 Å². The molecule has 106 valence electrons. The Morgan fingerprint density at radius 3 is 2.85 bits per heavy atom. The molecule has 0 aliphatic carbocycles. The van der Waals surface area contributed by atoms with Crippen LogP contribution in [0.15, 0.2) is 24.3 Å². The number of ether oxygens (including phenoxy) is 1. The van der Waals surface area contributed by atoms with Crippen molar-refractivity contribution in [1.82, 2.24) is 0 Å². The summed E-state index contributed by atoms with van der Waals surface area (Å²) in [5.41, 5.74) is 1.78. The molecular weight excluding hydrogens is 258 g/mol. The molecule has 2 atom stereocenters. The number of aliphatic carboxylic acids is 1. The Kier molecular flexibility index (Phi) is 3.44. The number of benzene rings is 1. The first kappa shape index (κ1) is 13.1. The Morgan fingerprint density at radius 2 is 2.15 bits per heavy atom. The molecule has 1 saturated heterocycles. The fourth-order valence-corrected chi connectivity index (χ4v) is 3.04. The van der Waals surface area contributed by atoms with Gasteiger partial charge in [-0.3, -0.25) is 9.59 Å². The van der Waals surface area contributed by atoms with Crippen LogP contribution in [-0.4, -0.2) is 36.2 Å². The molecule has 0 bridgehead atoms. The first-order chi connectivity index (χ1) is 9.66. The molecule has 0 spiro atoms. The van der Waals surface area contributed by atoms with Gasteiger partial charge in [0.1, 0.15) is 6.10 Å². The molecule has 1 unspecified atom stereocenters. The highest BCUT2D eigenvalue weighted by atomic mass is 16.5. The van der Waals surface area contributed by atoms with Crippen LogP contribution in [0.4, 0.5) is 5.69 Å². The highest BCUT2D eigenvalue weighted by molar-refractivity contribution is 5.99. The molecule has 5 heteroatoms. The Hall–Kier alpha value is -1.88. The van der Waals surface area contributed by atoms with Crippen LogP contribution in [0, 0.1) is 0 Å². The number of para-hydroxylation sites is 1. The Balaban J connectivity index is 1.86. The lowest BCUT2D eigenvalue weighted by molar-refractivity contribution is -0.137. The van der Waals surface area contributed by atoms with Crippen molar-refractivity contribution in [3.8, 4) is 0 Å². The highest BCUT2D eigenvalue weighted by Crippen LogP contribution is 2.38. The Bertz CT molecular complexity index is 536. The van der Waals surface area contributed by atoms with Crippen molar-refractivity contribution in [2.24, 2.45) is 0 Å². The average Bonchev–Trinajstić information content (AvgIpc) is 3.06. The fourth-order valence-electron chi connectivity index (χ4n) is 3.04. The fraction of sp³-hybridized carbons (Fsp3) is 0.467. The van der Waals surface area contributed by atoms with E-state index in [1.54, 1.807) is 4.90 Å². The van der Waals surface area contributed by atoms with Gasteiger partial charge in [0.2, 0.25) is 0 Å². The van der Waals surface area contributed by atoms with Crippen molar-refractivity contribution in [3.63, 3.8) is 0 Å². The van der Waals surface area contributed by atoms with Gasteiger partial charge in [0.25, 0.3) is 5.91 Å². The molecule has 1 aromatic rings. The van der Waals surface area contributed by atoms with E-state index in [0.29, 0.717) is 13.2 Å². The van der Waals surface area contributed by atoms with Crippen molar-refractivity contribution < 1.29 is 19.4 Å². The van der Waals surface area contributed by atoms with Crippen LogP contribution >= 0.6 is 0 Å². The summed E-state index contributed by atoms with van der Waals surface area (Å²) in [4.78, 5) is 25.2. The van der Waals surface area contributed by atoms with Crippen molar-refractivity contribution in [2.75, 3.05) is 18.1 Å². The third-order valence-corrected chi connectivity index (χ3v) is 3.96. The number of amides is 1. The third-order valence-electron chi connectivity index (χ3n) is 3.96. The van der Waals surface area contributed by atoms with E-state index in [0.717, 1.165) is 24.1 Å². The molecule has 2 aliphatic heterocycles. The number of hydrogen-bond donors (Lipinski definition) is 1. The molecule has 1 fully saturated rings. The van der Waals surface area contributed by atoms with Crippen LogP contribution in [0.1, 0.15) is 30.7 Å². The molecule has 5 nitrogen and oxygen atoms in total. The zero-order valence-corrected chi connectivity index (χ0v) is 11.1. The van der Waals surface area contributed by atoms with E-state index in [1.165, 1.54) is 0 Å². The smallest absolute Gasteiger partial charge is 0.304 e. The van der Waals surface area contributed by atoms with E-state index < -0.39 is 5.97 Å². The first-order valence-corrected chi connectivity index (χ1v) is 6.90. The molecule has 0 saturated carbocycles. The van der Waals surface area contributed by atoms with E-state index in [2.05, 4.69) is 0 Å². The van der Waals surface area contributed by atoms with Gasteiger partial charge in [-0.1, -0.05) is 18.2 Å². The highest BCUT2D eigenvalue weighted by Gasteiger charge is 2.37. The van der Waals surface area contributed by atoms with Crippen molar-refractivity contribution in [3.05, 3.63) is 29.8 Å². The minimum absolute atomic E-state index is 0.0390. The normalized spacial score (nSPS) is 24.7. The number of carboxylic acids is 1. The number of carbonyl (C=O) groups is 2. The average molecular weight is 275 g/mol. The van der Waals surface area contributed by atoms with Gasteiger partial charge in [-0.25, -0.2) is 0 Å². The number of carbonyl (C=O) groups excluding carboxylic acids is 1. The molecule has 1 N–H and O–H groups in total. The molecule has 1 amide bonds. The second-order valence-corrected chi connectivity index (χ2v) is 5.30. The van der Waals surface area contributed by atoms with Crippen LogP contribution in [0.3, 0.4) is 0 Å². The summed E-state index contributed by atoms with van der Waals surface area (Å²) in [5.74, 6) is -1.01. The van der Waals surface area contributed by atoms with E-state index in [1.807, 2.05) is 24.3 Å². The predicted molar refractivity (Wildman–Crippen MR) is 72.8 cm³/mol. The molecule has 0 aromatic heterocycles. The van der Waals surface area contributed by atoms with Crippen LogP contribution in [0.5, 0.6) is 0 Å². The Morgan fingerprint density at radius 1 is 1.35 bits per heavy atom. The summed E-state index contributed by atoms with van der Waals surface area (Å²) in [7, 11) is 0. The molecular formula is C15H17NO4. The van der Waals surface area contributed by atoms with E-state index in [4.69, 9.17) is 9.84 Å². The number of nitrogens with zero attached hydrogens (tertiary/aromatic N) is 1. The van der Waals surface area contributed by atoms with Gasteiger partial charge >= 0.3 is 5.97 Å². The molecule has 20 heavy (non-hydrogen) atoms. The maximum absolute atomic E-state index is 12.5. The van der Waals surface area contributed by atoms with Crippen molar-refractivity contribution >= 4 is 17.6 Å². The van der Waals surface area contributed by atoms with E-state index in [-0.39, 0.29) is 24.3 Å². The second-order valence-electron chi connectivity index (χ2n) is 5.30. The van der Waals surface area contributed by atoms with Crippen molar-refractivity contribution in [2.45, 2.75) is 31.3 Å². The number of rotatable bonds is 3. The Labute approximate surface area is 117 Å². The lowest BCUT2D eigenvalue weighted by atomic mass is 9.98. The minimum Gasteiger partial charge on any atom is -0.481 e. The van der Waals surface area contributed by atoms with Crippen LogP contribution in [-0.2, 0) is 14.3 Å². The van der Waals surface area contributed by atoms with Gasteiger partial charge < -0.3 is 14.7 Å². The van der Waals surface area contributed by atoms with Gasteiger partial charge in [-0.2, -0.15) is 0 Å². The van der Waals surface area contributed by atoms with Gasteiger partial charge in [0.15, 0.2) is 0 Å². The first-order valence-electron chi connectivity index (χ1n) is 6.90. The van der Waals surface area contributed by atoms with Gasteiger partial charge in [-0.15, -0.1) is 0 Å². The monoisotopic (exact) mass is 275 g/mol. The lowest BCUT2D eigenvalue weighted by Gasteiger charge is -2.21. The quantitative estimate of drug-likeness (QED) is 0.913. The van der Waals surface area contributed by atoms with Gasteiger partial charge in [0.05, 0.1) is 6.42 Å². The number of hydrogen-bond acceptors (Lipinski definition) is 3. The molecule has 1 aromatic carbocycles. The summed E-state index contributed by atoms with van der Waals surface area (Å²) in [6.45, 7) is 1.06. The van der Waals surface area contributed by atoms with E-state index in [9.17, 15) is 9.59 Å². The van der Waals surface area contributed by atoms with E-state index >= 15 is 0 Å². The van der Waals surface area contributed by atoms with Gasteiger partial charge in [-0.05, 0) is 24.5 Å². The SMILES string of the molecule is O=C(O)CC1CN(C(=O)[C@H]2CCCO2)c2ccccc21. The zero-order chi connectivity index (χ0) is 14.1. The van der Waals surface area contributed by atoms with Crippen LogP contribution in [0.2, 0.25) is 0 Å². The molecule has 3 rings (SSSR count). The molecule has 2 heterocycles. The summed E-state index contributed by atoms with van der Waals surface area (Å²) in [5, 5.41) is 9.01. The number of anilines is 1. The summed E-state index contributed by atoms with van der Waals surface area (Å²) in [6, 6.07) is 7.54. The van der Waals surface area contributed by atoms with Crippen molar-refractivity contribution in [1.29, 1.82) is 0 Å². The van der Waals surface area contributed by atoms with Crippen LogP contribution in [0.25, 0.3) is 0 Å². The standard InChI is InChI=1S/C15H17NO4/c17-14(18)8-10-9-16(12-5-2-1-4-11(10)12)15(19)13-6-3-7-20-13/h1-2,4-5,10,13H,3,6-9H2,(H,17,18)/t10?,13-/m1/s1. The number of carboxylic acid groups (broad SMARTS) is 1. The zero-order valence-electron chi connectivity index (χ0n) is 11.1. The van der Waals surface area contributed by atoms with Crippen LogP contribution < -0.4 is 4.90 Å². The largest absolute Gasteiger partial charge is 0.481 e.